The van der Waals surface area contributed by atoms with E-state index in [-0.39, 0.29) is 11.9 Å². The Kier molecular flexibility index (Phi) is 5.52. The molecule has 1 aromatic carbocycles. The van der Waals surface area contributed by atoms with Crippen LogP contribution < -0.4 is 5.32 Å². The van der Waals surface area contributed by atoms with E-state index in [0.29, 0.717) is 33.9 Å². The molecule has 1 aliphatic rings. The summed E-state index contributed by atoms with van der Waals surface area (Å²) in [6.07, 6.45) is 7.08. The monoisotopic (exact) mass is 495 g/mol. The largest absolute Gasteiger partial charge is 0.339 e. The molecule has 6 rings (SSSR count). The van der Waals surface area contributed by atoms with Crippen molar-refractivity contribution in [2.75, 3.05) is 32.5 Å². The molecule has 1 saturated heterocycles. The predicted octanol–water partition coefficient (Wildman–Crippen LogP) is 3.89. The van der Waals surface area contributed by atoms with E-state index in [9.17, 15) is 9.59 Å². The first-order valence-electron chi connectivity index (χ1n) is 12.0. The predicted molar refractivity (Wildman–Crippen MR) is 140 cm³/mol. The van der Waals surface area contributed by atoms with Gasteiger partial charge in [0.2, 0.25) is 0 Å². The number of fused-ring (bicyclic) bond motifs is 2. The number of likely N-dealkylation sites (tertiary alicyclic amines) is 1. The topological polar surface area (TPSA) is 136 Å². The number of nitrogens with zero attached hydrogens (tertiary/aromatic N) is 6. The maximum atomic E-state index is 13.1. The van der Waals surface area contributed by atoms with Crippen molar-refractivity contribution in [2.24, 2.45) is 0 Å². The molecular weight excluding hydrogens is 470 g/mol. The summed E-state index contributed by atoms with van der Waals surface area (Å²) in [4.78, 5) is 45.4. The van der Waals surface area contributed by atoms with Crippen molar-refractivity contribution in [3.05, 3.63) is 54.5 Å². The fourth-order valence-corrected chi connectivity index (χ4v) is 4.55. The van der Waals surface area contributed by atoms with Crippen molar-refractivity contribution < 1.29 is 9.59 Å². The maximum absolute atomic E-state index is 13.1. The Bertz CT molecular complexity index is 1650. The van der Waals surface area contributed by atoms with E-state index in [1.165, 1.54) is 4.90 Å². The Balaban J connectivity index is 1.38. The summed E-state index contributed by atoms with van der Waals surface area (Å²) in [6.45, 7) is 1.56. The highest BCUT2D eigenvalue weighted by Gasteiger charge is 2.23. The van der Waals surface area contributed by atoms with Gasteiger partial charge < -0.3 is 20.1 Å². The zero-order chi connectivity index (χ0) is 25.5. The van der Waals surface area contributed by atoms with Gasteiger partial charge in [-0.25, -0.2) is 14.8 Å². The number of carbonyl (C=O) groups excluding carboxylic acids is 2. The van der Waals surface area contributed by atoms with Crippen LogP contribution in [0.1, 0.15) is 23.2 Å². The molecule has 5 aromatic rings. The highest BCUT2D eigenvalue weighted by Crippen LogP contribution is 2.30. The average Bonchev–Trinajstić information content (AvgIpc) is 3.67. The molecule has 3 N–H and O–H groups in total. The second-order valence-corrected chi connectivity index (χ2v) is 9.27. The number of hydrogen-bond acceptors (Lipinski definition) is 6. The summed E-state index contributed by atoms with van der Waals surface area (Å²) in [5.41, 5.74) is 5.40. The summed E-state index contributed by atoms with van der Waals surface area (Å²) in [6, 6.07) is 9.17. The summed E-state index contributed by atoms with van der Waals surface area (Å²) < 4.78 is 0. The van der Waals surface area contributed by atoms with Crippen molar-refractivity contribution >= 4 is 39.7 Å². The van der Waals surface area contributed by atoms with Crippen LogP contribution in [-0.2, 0) is 0 Å². The molecule has 0 atom stereocenters. The summed E-state index contributed by atoms with van der Waals surface area (Å²) in [5, 5.41) is 11.0. The van der Waals surface area contributed by atoms with Crippen molar-refractivity contribution in [3.63, 3.8) is 0 Å². The van der Waals surface area contributed by atoms with Crippen LogP contribution in [0.3, 0.4) is 0 Å². The molecule has 0 aliphatic carbocycles. The minimum absolute atomic E-state index is 0.00770. The van der Waals surface area contributed by atoms with Crippen LogP contribution in [0, 0.1) is 0 Å². The van der Waals surface area contributed by atoms with Crippen LogP contribution in [0.4, 0.5) is 10.5 Å². The van der Waals surface area contributed by atoms with Gasteiger partial charge >= 0.3 is 6.03 Å². The van der Waals surface area contributed by atoms with Crippen LogP contribution in [0.2, 0.25) is 0 Å². The average molecular weight is 496 g/mol. The molecule has 37 heavy (non-hydrogen) atoms. The number of aromatic nitrogens is 6. The van der Waals surface area contributed by atoms with Crippen molar-refractivity contribution in [1.29, 1.82) is 0 Å². The van der Waals surface area contributed by atoms with E-state index in [2.05, 4.69) is 30.5 Å². The summed E-state index contributed by atoms with van der Waals surface area (Å²) in [5.74, 6) is 0.580. The van der Waals surface area contributed by atoms with E-state index in [1.54, 1.807) is 32.7 Å². The molecule has 0 spiro atoms. The fraction of sp³-hybridized carbons (Fsp3) is 0.231. The highest BCUT2D eigenvalue weighted by molar-refractivity contribution is 6.06. The van der Waals surface area contributed by atoms with Crippen LogP contribution in [0.25, 0.3) is 44.7 Å². The zero-order valence-corrected chi connectivity index (χ0v) is 20.4. The lowest BCUT2D eigenvalue weighted by Crippen LogP contribution is -2.27. The smallest absolute Gasteiger partial charge is 0.321 e. The third kappa shape index (κ3) is 4.14. The number of anilines is 1. The van der Waals surface area contributed by atoms with Crippen LogP contribution >= 0.6 is 0 Å². The number of benzene rings is 1. The molecule has 0 unspecified atom stereocenters. The molecule has 5 heterocycles. The molecular formula is C26H25N9O2. The molecule has 1 aliphatic heterocycles. The lowest BCUT2D eigenvalue weighted by molar-refractivity contribution is 0.0794. The van der Waals surface area contributed by atoms with E-state index < -0.39 is 0 Å². The number of urea groups is 1. The van der Waals surface area contributed by atoms with E-state index in [1.807, 2.05) is 35.2 Å². The van der Waals surface area contributed by atoms with Crippen LogP contribution in [-0.4, -0.2) is 79.1 Å². The molecule has 3 amide bonds. The fourth-order valence-electron chi connectivity index (χ4n) is 4.55. The Morgan fingerprint density at radius 1 is 1.05 bits per heavy atom. The number of hydrogen-bond donors (Lipinski definition) is 3. The number of pyridine rings is 2. The van der Waals surface area contributed by atoms with Crippen molar-refractivity contribution in [3.8, 4) is 22.6 Å². The number of carbonyl (C=O) groups is 2. The summed E-state index contributed by atoms with van der Waals surface area (Å²) >= 11 is 0. The first-order chi connectivity index (χ1) is 18.0. The maximum Gasteiger partial charge on any atom is 0.321 e. The molecule has 11 heteroatoms. The quantitative estimate of drug-likeness (QED) is 0.346. The Labute approximate surface area is 211 Å². The van der Waals surface area contributed by atoms with Crippen LogP contribution in [0.15, 0.2) is 48.9 Å². The third-order valence-corrected chi connectivity index (χ3v) is 6.51. The SMILES string of the molecule is CN(C)C(=O)Nc1cncc(-c2cnc3n[nH]c(-c4nc5c(C(=O)N6CCCC6)cccc5[nH]4)c3c2)c1. The minimum atomic E-state index is -0.239. The minimum Gasteiger partial charge on any atom is -0.339 e. The molecule has 1 fully saturated rings. The first kappa shape index (κ1) is 22.7. The number of imidazole rings is 1. The van der Waals surface area contributed by atoms with Gasteiger partial charge in [0.05, 0.1) is 28.4 Å². The van der Waals surface area contributed by atoms with E-state index >= 15 is 0 Å². The molecule has 4 aromatic heterocycles. The zero-order valence-electron chi connectivity index (χ0n) is 20.4. The van der Waals surface area contributed by atoms with Crippen molar-refractivity contribution in [2.45, 2.75) is 12.8 Å². The standard InChI is InChI=1S/C26H25N9O2/c1-34(2)26(37)29-17-10-15(12-27-14-17)16-11-19-22(32-33-23(19)28-13-16)24-30-20-7-5-6-18(21(20)31-24)25(36)35-8-3-4-9-35/h5-7,10-14H,3-4,8-9H2,1-2H3,(H,29,37)(H,30,31)(H,28,32,33). The van der Waals surface area contributed by atoms with Gasteiger partial charge in [0, 0.05) is 50.7 Å². The van der Waals surface area contributed by atoms with Gasteiger partial charge in [-0.15, -0.1) is 0 Å². The van der Waals surface area contributed by atoms with Crippen molar-refractivity contribution in [1.82, 2.24) is 39.9 Å². The van der Waals surface area contributed by atoms with Gasteiger partial charge in [0.15, 0.2) is 11.5 Å². The number of rotatable bonds is 4. The van der Waals surface area contributed by atoms with Gasteiger partial charge in [-0.3, -0.25) is 14.9 Å². The van der Waals surface area contributed by atoms with Gasteiger partial charge in [-0.1, -0.05) is 6.07 Å². The number of para-hydroxylation sites is 1. The molecule has 186 valence electrons. The van der Waals surface area contributed by atoms with E-state index in [4.69, 9.17) is 4.98 Å². The van der Waals surface area contributed by atoms with Gasteiger partial charge in [0.25, 0.3) is 5.91 Å². The molecule has 0 radical (unpaired) electrons. The number of aromatic amines is 2. The second kappa shape index (κ2) is 9.01. The third-order valence-electron chi connectivity index (χ3n) is 6.51. The Morgan fingerprint density at radius 2 is 1.86 bits per heavy atom. The molecule has 0 saturated carbocycles. The van der Waals surface area contributed by atoms with Gasteiger partial charge in [0.1, 0.15) is 11.2 Å². The second-order valence-electron chi connectivity index (χ2n) is 9.27. The number of nitrogens with one attached hydrogen (secondary N) is 3. The Morgan fingerprint density at radius 3 is 2.68 bits per heavy atom. The van der Waals surface area contributed by atoms with Gasteiger partial charge in [-0.05, 0) is 37.1 Å². The summed E-state index contributed by atoms with van der Waals surface area (Å²) in [7, 11) is 3.35. The number of amides is 3. The van der Waals surface area contributed by atoms with E-state index in [0.717, 1.165) is 48.0 Å². The molecule has 0 bridgehead atoms. The Hall–Kier alpha value is -4.80. The molecule has 11 nitrogen and oxygen atoms in total. The highest BCUT2D eigenvalue weighted by atomic mass is 16.2. The normalized spacial score (nSPS) is 13.4. The lowest BCUT2D eigenvalue weighted by atomic mass is 10.1. The first-order valence-corrected chi connectivity index (χ1v) is 12.0. The lowest BCUT2D eigenvalue weighted by Gasteiger charge is -2.15. The number of H-pyrrole nitrogens is 2. The van der Waals surface area contributed by atoms with Crippen LogP contribution in [0.5, 0.6) is 0 Å². The van der Waals surface area contributed by atoms with Gasteiger partial charge in [-0.2, -0.15) is 5.10 Å².